The zero-order valence-corrected chi connectivity index (χ0v) is 17.8. The Morgan fingerprint density at radius 2 is 1.78 bits per heavy atom. The summed E-state index contributed by atoms with van der Waals surface area (Å²) in [4.78, 5) is 39.7. The summed E-state index contributed by atoms with van der Waals surface area (Å²) < 4.78 is 6.78. The van der Waals surface area contributed by atoms with Gasteiger partial charge in [-0.1, -0.05) is 25.0 Å². The summed E-state index contributed by atoms with van der Waals surface area (Å²) in [5.41, 5.74) is 3.11. The molecule has 3 aromatic rings. The molecule has 1 heterocycles. The first-order chi connectivity index (χ1) is 15.5. The zero-order chi connectivity index (χ0) is 22.7. The van der Waals surface area contributed by atoms with Crippen LogP contribution < -0.4 is 5.32 Å². The highest BCUT2D eigenvalue weighted by Crippen LogP contribution is 2.37. The zero-order valence-electron chi connectivity index (χ0n) is 17.8. The maximum atomic E-state index is 12.3. The molecular formula is C24H25N3O5. The quantitative estimate of drug-likeness (QED) is 0.546. The van der Waals surface area contributed by atoms with Gasteiger partial charge in [-0.15, -0.1) is 0 Å². The van der Waals surface area contributed by atoms with E-state index in [2.05, 4.69) is 14.6 Å². The van der Waals surface area contributed by atoms with Gasteiger partial charge in [-0.25, -0.2) is 9.78 Å². The smallest absolute Gasteiger partial charge is 0.335 e. The summed E-state index contributed by atoms with van der Waals surface area (Å²) >= 11 is 0. The maximum absolute atomic E-state index is 12.3. The van der Waals surface area contributed by atoms with Gasteiger partial charge in [0.2, 0.25) is 0 Å². The molecule has 4 rings (SSSR count). The fourth-order valence-corrected chi connectivity index (χ4v) is 4.22. The molecule has 0 bridgehead atoms. The number of aromatic carboxylic acids is 1. The fraction of sp³-hybridized carbons (Fsp3) is 0.333. The number of imidazole rings is 1. The van der Waals surface area contributed by atoms with Crippen molar-refractivity contribution in [1.29, 1.82) is 0 Å². The van der Waals surface area contributed by atoms with Gasteiger partial charge in [0.1, 0.15) is 5.82 Å². The third-order valence-corrected chi connectivity index (χ3v) is 5.87. The van der Waals surface area contributed by atoms with Crippen LogP contribution in [-0.4, -0.2) is 46.2 Å². The largest absolute Gasteiger partial charge is 0.478 e. The van der Waals surface area contributed by atoms with Gasteiger partial charge in [0.15, 0.2) is 0 Å². The number of rotatable bonds is 7. The van der Waals surface area contributed by atoms with Crippen molar-refractivity contribution in [2.24, 2.45) is 0 Å². The third kappa shape index (κ3) is 4.34. The molecule has 166 valence electrons. The summed E-state index contributed by atoms with van der Waals surface area (Å²) in [6, 6.07) is 12.5. The predicted octanol–water partition coefficient (Wildman–Crippen LogP) is 3.81. The van der Waals surface area contributed by atoms with E-state index < -0.39 is 5.97 Å². The van der Waals surface area contributed by atoms with Crippen molar-refractivity contribution in [3.8, 4) is 11.4 Å². The topological polar surface area (TPSA) is 111 Å². The molecule has 0 saturated heterocycles. The molecule has 2 aromatic carbocycles. The molecule has 0 unspecified atom stereocenters. The van der Waals surface area contributed by atoms with Crippen LogP contribution in [0.4, 0.5) is 0 Å². The number of carbonyl (C=O) groups excluding carboxylic acids is 2. The number of hydrogen-bond donors (Lipinski definition) is 2. The number of carboxylic acids is 1. The molecule has 32 heavy (non-hydrogen) atoms. The average Bonchev–Trinajstić information content (AvgIpc) is 3.45. The van der Waals surface area contributed by atoms with E-state index in [1.54, 1.807) is 24.3 Å². The number of ether oxygens (including phenoxy) is 1. The standard InChI is InChI=1S/C24H25N3O5/c1-32-21(28)12-13-25-23(29)16-8-6-15(7-9-16)22-26-19-14-17(24(30)31)10-11-20(19)27(22)18-4-2-3-5-18/h6-11,14,18H,2-5,12-13H2,1H3,(H,25,29)(H,30,31). The number of benzene rings is 2. The number of aromatic nitrogens is 2. The van der Waals surface area contributed by atoms with Crippen molar-refractivity contribution >= 4 is 28.9 Å². The summed E-state index contributed by atoms with van der Waals surface area (Å²) in [7, 11) is 1.31. The minimum atomic E-state index is -0.980. The fourth-order valence-electron chi connectivity index (χ4n) is 4.22. The van der Waals surface area contributed by atoms with Gasteiger partial charge in [-0.2, -0.15) is 0 Å². The first-order valence-electron chi connectivity index (χ1n) is 10.7. The van der Waals surface area contributed by atoms with Crippen molar-refractivity contribution in [1.82, 2.24) is 14.9 Å². The Hall–Kier alpha value is -3.68. The monoisotopic (exact) mass is 435 g/mol. The molecule has 1 amide bonds. The molecule has 1 saturated carbocycles. The van der Waals surface area contributed by atoms with Crippen LogP contribution in [0.1, 0.15) is 58.9 Å². The van der Waals surface area contributed by atoms with Gasteiger partial charge >= 0.3 is 11.9 Å². The molecule has 8 nitrogen and oxygen atoms in total. The Bertz CT molecular complexity index is 1160. The van der Waals surface area contributed by atoms with Crippen molar-refractivity contribution in [2.75, 3.05) is 13.7 Å². The van der Waals surface area contributed by atoms with E-state index in [1.165, 1.54) is 7.11 Å². The number of nitrogens with zero attached hydrogens (tertiary/aromatic N) is 2. The Morgan fingerprint density at radius 1 is 1.09 bits per heavy atom. The van der Waals surface area contributed by atoms with Crippen LogP contribution in [0.25, 0.3) is 22.4 Å². The average molecular weight is 435 g/mol. The van der Waals surface area contributed by atoms with Crippen LogP contribution in [0, 0.1) is 0 Å². The van der Waals surface area contributed by atoms with Crippen LogP contribution in [0.3, 0.4) is 0 Å². The molecule has 1 aliphatic rings. The molecular weight excluding hydrogens is 410 g/mol. The van der Waals surface area contributed by atoms with Gasteiger partial charge in [-0.3, -0.25) is 9.59 Å². The van der Waals surface area contributed by atoms with E-state index in [4.69, 9.17) is 4.98 Å². The molecule has 1 fully saturated rings. The summed E-state index contributed by atoms with van der Waals surface area (Å²) in [6.07, 6.45) is 4.53. The summed E-state index contributed by atoms with van der Waals surface area (Å²) in [6.45, 7) is 0.205. The number of carboxylic acid groups (broad SMARTS) is 1. The Balaban J connectivity index is 1.63. The minimum Gasteiger partial charge on any atom is -0.478 e. The Labute approximate surface area is 185 Å². The third-order valence-electron chi connectivity index (χ3n) is 5.87. The lowest BCUT2D eigenvalue weighted by Gasteiger charge is -2.16. The lowest BCUT2D eigenvalue weighted by atomic mass is 10.1. The lowest BCUT2D eigenvalue weighted by Crippen LogP contribution is -2.26. The number of carbonyl (C=O) groups is 3. The minimum absolute atomic E-state index is 0.115. The number of hydrogen-bond acceptors (Lipinski definition) is 5. The highest BCUT2D eigenvalue weighted by molar-refractivity contribution is 5.95. The number of esters is 1. The number of fused-ring (bicyclic) bond motifs is 1. The molecule has 0 radical (unpaired) electrons. The van der Waals surface area contributed by atoms with E-state index in [-0.39, 0.29) is 30.4 Å². The highest BCUT2D eigenvalue weighted by Gasteiger charge is 2.24. The molecule has 0 aliphatic heterocycles. The summed E-state index contributed by atoms with van der Waals surface area (Å²) in [5.74, 6) is -0.855. The first-order valence-corrected chi connectivity index (χ1v) is 10.7. The van der Waals surface area contributed by atoms with Crippen molar-refractivity contribution in [2.45, 2.75) is 38.1 Å². The van der Waals surface area contributed by atoms with Crippen LogP contribution >= 0.6 is 0 Å². The van der Waals surface area contributed by atoms with E-state index in [0.29, 0.717) is 17.1 Å². The van der Waals surface area contributed by atoms with E-state index in [0.717, 1.165) is 42.6 Å². The summed E-state index contributed by atoms with van der Waals surface area (Å²) in [5, 5.41) is 12.0. The normalized spacial score (nSPS) is 13.9. The maximum Gasteiger partial charge on any atom is 0.335 e. The Kier molecular flexibility index (Phi) is 6.20. The second-order valence-corrected chi connectivity index (χ2v) is 7.91. The van der Waals surface area contributed by atoms with E-state index >= 15 is 0 Å². The van der Waals surface area contributed by atoms with Crippen molar-refractivity contribution < 1.29 is 24.2 Å². The van der Waals surface area contributed by atoms with E-state index in [9.17, 15) is 19.5 Å². The van der Waals surface area contributed by atoms with Gasteiger partial charge in [0.25, 0.3) is 5.91 Å². The molecule has 2 N–H and O–H groups in total. The van der Waals surface area contributed by atoms with Crippen LogP contribution in [0.5, 0.6) is 0 Å². The molecule has 0 spiro atoms. The van der Waals surface area contributed by atoms with Gasteiger partial charge in [0, 0.05) is 23.7 Å². The lowest BCUT2D eigenvalue weighted by molar-refractivity contribution is -0.140. The SMILES string of the molecule is COC(=O)CCNC(=O)c1ccc(-c2nc3cc(C(=O)O)ccc3n2C2CCCC2)cc1. The van der Waals surface area contributed by atoms with Gasteiger partial charge in [0.05, 0.1) is 30.1 Å². The Morgan fingerprint density at radius 3 is 2.44 bits per heavy atom. The number of nitrogens with one attached hydrogen (secondary N) is 1. The van der Waals surface area contributed by atoms with Gasteiger partial charge < -0.3 is 19.7 Å². The first kappa shape index (κ1) is 21.5. The number of amides is 1. The van der Waals surface area contributed by atoms with Crippen LogP contribution in [-0.2, 0) is 9.53 Å². The van der Waals surface area contributed by atoms with Crippen LogP contribution in [0.15, 0.2) is 42.5 Å². The second kappa shape index (κ2) is 9.21. The second-order valence-electron chi connectivity index (χ2n) is 7.91. The molecule has 1 aromatic heterocycles. The van der Waals surface area contributed by atoms with Crippen LogP contribution in [0.2, 0.25) is 0 Å². The molecule has 1 aliphatic carbocycles. The van der Waals surface area contributed by atoms with Gasteiger partial charge in [-0.05, 0) is 43.2 Å². The molecule has 8 heteroatoms. The van der Waals surface area contributed by atoms with Crippen molar-refractivity contribution in [3.05, 3.63) is 53.6 Å². The highest BCUT2D eigenvalue weighted by atomic mass is 16.5. The van der Waals surface area contributed by atoms with Crippen molar-refractivity contribution in [3.63, 3.8) is 0 Å². The predicted molar refractivity (Wildman–Crippen MR) is 119 cm³/mol. The molecule has 0 atom stereocenters. The number of methoxy groups -OCH3 is 1. The van der Waals surface area contributed by atoms with E-state index in [1.807, 2.05) is 18.2 Å².